The van der Waals surface area contributed by atoms with Crippen LogP contribution in [0.3, 0.4) is 0 Å². The summed E-state index contributed by atoms with van der Waals surface area (Å²) in [5.74, 6) is 0. The summed E-state index contributed by atoms with van der Waals surface area (Å²) in [6, 6.07) is 4.13. The number of nitrogens with two attached hydrogens (primary N) is 2. The van der Waals surface area contributed by atoms with Gasteiger partial charge in [-0.2, -0.15) is 0 Å². The van der Waals surface area contributed by atoms with Gasteiger partial charge in [-0.25, -0.2) is 0 Å². The molecule has 0 saturated heterocycles. The third-order valence-corrected chi connectivity index (χ3v) is 4.06. The summed E-state index contributed by atoms with van der Waals surface area (Å²) in [6.45, 7) is 1.61. The second-order valence-electron chi connectivity index (χ2n) is 4.53. The van der Waals surface area contributed by atoms with Crippen molar-refractivity contribution in [2.45, 2.75) is 6.92 Å². The number of nitrogens with zero attached hydrogens (tertiary/aromatic N) is 1. The molecule has 0 atom stereocenters. The van der Waals surface area contributed by atoms with E-state index in [9.17, 15) is 10.1 Å². The van der Waals surface area contributed by atoms with Gasteiger partial charge in [0, 0.05) is 16.7 Å². The minimum Gasteiger partial charge on any atom is -0.397 e. The lowest BCUT2D eigenvalue weighted by Crippen LogP contribution is -2.04. The molecule has 2 rings (SSSR count). The summed E-state index contributed by atoms with van der Waals surface area (Å²) in [6.07, 6.45) is 0. The highest BCUT2D eigenvalue weighted by Gasteiger charge is 2.22. The Bertz CT molecular complexity index is 757. The number of halogens is 3. The molecule has 5 N–H and O–H groups in total. The van der Waals surface area contributed by atoms with Crippen LogP contribution < -0.4 is 16.8 Å². The lowest BCUT2D eigenvalue weighted by Gasteiger charge is -2.15. The van der Waals surface area contributed by atoms with Crippen molar-refractivity contribution in [3.8, 4) is 0 Å². The van der Waals surface area contributed by atoms with Crippen LogP contribution in [0.2, 0.25) is 15.1 Å². The Morgan fingerprint density at radius 2 is 1.73 bits per heavy atom. The first-order valence-corrected chi connectivity index (χ1v) is 7.10. The van der Waals surface area contributed by atoms with E-state index in [1.807, 2.05) is 0 Å². The Labute approximate surface area is 141 Å². The topological polar surface area (TPSA) is 107 Å². The number of nitrogen functional groups attached to an aromatic ring is 2. The largest absolute Gasteiger partial charge is 0.397 e. The van der Waals surface area contributed by atoms with Gasteiger partial charge in [0.05, 0.1) is 32.0 Å². The van der Waals surface area contributed by atoms with E-state index in [1.165, 1.54) is 18.2 Å². The number of nitro groups is 1. The first-order chi connectivity index (χ1) is 10.2. The molecule has 0 unspecified atom stereocenters. The summed E-state index contributed by atoms with van der Waals surface area (Å²) >= 11 is 18.0. The first kappa shape index (κ1) is 16.5. The van der Waals surface area contributed by atoms with Gasteiger partial charge in [-0.05, 0) is 19.1 Å². The molecule has 0 aliphatic carbocycles. The number of anilines is 4. The monoisotopic (exact) mass is 360 g/mol. The molecule has 9 heteroatoms. The van der Waals surface area contributed by atoms with E-state index >= 15 is 0 Å². The van der Waals surface area contributed by atoms with Crippen molar-refractivity contribution >= 4 is 63.2 Å². The Hall–Kier alpha value is -1.89. The molecule has 0 heterocycles. The smallest absolute Gasteiger partial charge is 0.295 e. The van der Waals surface area contributed by atoms with Gasteiger partial charge >= 0.3 is 0 Å². The van der Waals surface area contributed by atoms with Crippen LogP contribution in [0.4, 0.5) is 28.4 Å². The second kappa shape index (κ2) is 6.08. The molecule has 22 heavy (non-hydrogen) atoms. The highest BCUT2D eigenvalue weighted by atomic mass is 35.5. The maximum Gasteiger partial charge on any atom is 0.295 e. The molecule has 0 aliphatic heterocycles. The lowest BCUT2D eigenvalue weighted by molar-refractivity contribution is -0.383. The molecule has 2 aromatic carbocycles. The van der Waals surface area contributed by atoms with Gasteiger partial charge in [0.25, 0.3) is 5.69 Å². The third-order valence-electron chi connectivity index (χ3n) is 3.04. The SMILES string of the molecule is Cc1c(Cl)c(N)cc([N+](=O)[O-])c1Nc1c(N)cc(Cl)cc1Cl. The molecule has 116 valence electrons. The Morgan fingerprint density at radius 3 is 2.27 bits per heavy atom. The zero-order chi connectivity index (χ0) is 16.6. The minimum absolute atomic E-state index is 0.117. The first-order valence-electron chi connectivity index (χ1n) is 5.97. The summed E-state index contributed by atoms with van der Waals surface area (Å²) < 4.78 is 0. The van der Waals surface area contributed by atoms with Gasteiger partial charge < -0.3 is 16.8 Å². The van der Waals surface area contributed by atoms with Crippen LogP contribution in [-0.4, -0.2) is 4.92 Å². The van der Waals surface area contributed by atoms with Gasteiger partial charge in [0.1, 0.15) is 5.69 Å². The summed E-state index contributed by atoms with van der Waals surface area (Å²) in [5, 5.41) is 14.9. The van der Waals surface area contributed by atoms with Gasteiger partial charge in [-0.15, -0.1) is 0 Å². The van der Waals surface area contributed by atoms with Crippen molar-refractivity contribution < 1.29 is 4.92 Å². The van der Waals surface area contributed by atoms with Crippen LogP contribution in [0.15, 0.2) is 18.2 Å². The lowest BCUT2D eigenvalue weighted by atomic mass is 10.1. The molecule has 0 spiro atoms. The van der Waals surface area contributed by atoms with E-state index in [0.717, 1.165) is 0 Å². The average Bonchev–Trinajstić information content (AvgIpc) is 2.41. The molecule has 6 nitrogen and oxygen atoms in total. The molecule has 0 aliphatic rings. The van der Waals surface area contributed by atoms with Crippen molar-refractivity contribution in [2.75, 3.05) is 16.8 Å². The number of benzene rings is 2. The van der Waals surface area contributed by atoms with E-state index in [2.05, 4.69) is 5.32 Å². The third kappa shape index (κ3) is 2.99. The number of nitro benzene ring substituents is 1. The molecule has 0 saturated carbocycles. The Balaban J connectivity index is 2.64. The zero-order valence-electron chi connectivity index (χ0n) is 11.3. The normalized spacial score (nSPS) is 10.5. The van der Waals surface area contributed by atoms with Crippen LogP contribution in [0.25, 0.3) is 0 Å². The van der Waals surface area contributed by atoms with E-state index in [-0.39, 0.29) is 32.8 Å². The van der Waals surface area contributed by atoms with Crippen molar-refractivity contribution in [3.05, 3.63) is 48.9 Å². The van der Waals surface area contributed by atoms with Crippen LogP contribution >= 0.6 is 34.8 Å². The molecular weight excluding hydrogens is 351 g/mol. The predicted octanol–water partition coefficient (Wildman–Crippen LogP) is 4.77. The highest BCUT2D eigenvalue weighted by Crippen LogP contribution is 2.42. The van der Waals surface area contributed by atoms with E-state index in [0.29, 0.717) is 16.3 Å². The summed E-state index contributed by atoms with van der Waals surface area (Å²) in [4.78, 5) is 10.7. The summed E-state index contributed by atoms with van der Waals surface area (Å²) in [5.41, 5.74) is 12.5. The maximum absolute atomic E-state index is 11.2. The molecule has 2 aromatic rings. The quantitative estimate of drug-likeness (QED) is 0.414. The van der Waals surface area contributed by atoms with Crippen molar-refractivity contribution in [3.63, 3.8) is 0 Å². The molecule has 0 radical (unpaired) electrons. The van der Waals surface area contributed by atoms with Crippen LogP contribution in [0.1, 0.15) is 5.56 Å². The van der Waals surface area contributed by atoms with Crippen molar-refractivity contribution in [1.82, 2.24) is 0 Å². The van der Waals surface area contributed by atoms with E-state index in [4.69, 9.17) is 46.3 Å². The predicted molar refractivity (Wildman–Crippen MR) is 91.4 cm³/mol. The van der Waals surface area contributed by atoms with Crippen molar-refractivity contribution in [1.29, 1.82) is 0 Å². The second-order valence-corrected chi connectivity index (χ2v) is 5.75. The van der Waals surface area contributed by atoms with E-state index in [1.54, 1.807) is 6.92 Å². The highest BCUT2D eigenvalue weighted by molar-refractivity contribution is 6.37. The standard InChI is InChI=1S/C13H11Cl3N4O2/c1-5-11(16)8(17)4-10(20(21)22)12(5)19-13-7(15)2-6(14)3-9(13)18/h2-4,19H,17-18H2,1H3. The van der Waals surface area contributed by atoms with E-state index < -0.39 is 4.92 Å². The molecule has 0 aromatic heterocycles. The molecule has 0 fully saturated rings. The fourth-order valence-corrected chi connectivity index (χ4v) is 2.66. The minimum atomic E-state index is -0.567. The molecule has 0 bridgehead atoms. The average molecular weight is 362 g/mol. The Kier molecular flexibility index (Phi) is 4.55. The fraction of sp³-hybridized carbons (Fsp3) is 0.0769. The maximum atomic E-state index is 11.2. The van der Waals surface area contributed by atoms with Gasteiger partial charge in [0.2, 0.25) is 0 Å². The Morgan fingerprint density at radius 1 is 1.09 bits per heavy atom. The number of nitrogens with one attached hydrogen (secondary N) is 1. The fourth-order valence-electron chi connectivity index (χ4n) is 1.95. The van der Waals surface area contributed by atoms with Crippen LogP contribution in [0.5, 0.6) is 0 Å². The molecular formula is C13H11Cl3N4O2. The zero-order valence-corrected chi connectivity index (χ0v) is 13.6. The number of hydrogen-bond donors (Lipinski definition) is 3. The van der Waals surface area contributed by atoms with Gasteiger partial charge in [0.15, 0.2) is 0 Å². The molecule has 0 amide bonds. The summed E-state index contributed by atoms with van der Waals surface area (Å²) in [7, 11) is 0. The van der Waals surface area contributed by atoms with Crippen LogP contribution in [-0.2, 0) is 0 Å². The van der Waals surface area contributed by atoms with Gasteiger partial charge in [-0.3, -0.25) is 10.1 Å². The van der Waals surface area contributed by atoms with Crippen molar-refractivity contribution in [2.24, 2.45) is 0 Å². The number of rotatable bonds is 3. The van der Waals surface area contributed by atoms with Gasteiger partial charge in [-0.1, -0.05) is 34.8 Å². The number of hydrogen-bond acceptors (Lipinski definition) is 5. The van der Waals surface area contributed by atoms with Crippen LogP contribution in [0, 0.1) is 17.0 Å².